The number of hydrogen-bond donors (Lipinski definition) is 2. The lowest BCUT2D eigenvalue weighted by Crippen LogP contribution is -2.50. The van der Waals surface area contributed by atoms with Crippen LogP contribution in [0.15, 0.2) is 65.1 Å². The molecule has 0 bridgehead atoms. The summed E-state index contributed by atoms with van der Waals surface area (Å²) in [5, 5.41) is 25.8. The number of tetrazole rings is 1. The van der Waals surface area contributed by atoms with Crippen LogP contribution in [-0.4, -0.2) is 42.7 Å². The second-order valence-corrected chi connectivity index (χ2v) is 9.97. The van der Waals surface area contributed by atoms with Crippen LogP contribution in [0.2, 0.25) is 5.02 Å². The molecular formula is C26H27ClN6O4. The molecule has 0 unspecified atom stereocenters. The van der Waals surface area contributed by atoms with Crippen LogP contribution in [0.1, 0.15) is 38.1 Å². The number of rotatable bonds is 7. The second kappa shape index (κ2) is 10.4. The number of phenols is 1. The van der Waals surface area contributed by atoms with Crippen LogP contribution >= 0.6 is 11.6 Å². The molecule has 11 heteroatoms. The minimum Gasteiger partial charge on any atom is -0.508 e. The van der Waals surface area contributed by atoms with Crippen molar-refractivity contribution in [2.75, 3.05) is 4.90 Å². The van der Waals surface area contributed by atoms with Gasteiger partial charge in [-0.05, 0) is 74.9 Å². The highest BCUT2D eigenvalue weighted by Gasteiger charge is 2.35. The molecule has 0 saturated heterocycles. The van der Waals surface area contributed by atoms with Crippen molar-refractivity contribution in [1.29, 1.82) is 0 Å². The summed E-state index contributed by atoms with van der Waals surface area (Å²) in [4.78, 5) is 29.9. The number of aryl methyl sites for hydroxylation is 1. The highest BCUT2D eigenvalue weighted by atomic mass is 35.5. The minimum absolute atomic E-state index is 0.0595. The molecule has 0 fully saturated rings. The van der Waals surface area contributed by atoms with Gasteiger partial charge >= 0.3 is 0 Å². The molecule has 192 valence electrons. The Morgan fingerprint density at radius 3 is 2.49 bits per heavy atom. The van der Waals surface area contributed by atoms with Gasteiger partial charge in [0, 0.05) is 22.3 Å². The molecule has 0 aliphatic heterocycles. The molecule has 2 aromatic carbocycles. The van der Waals surface area contributed by atoms with Crippen LogP contribution in [-0.2, 0) is 16.1 Å². The molecule has 0 aliphatic rings. The Bertz CT molecular complexity index is 1410. The van der Waals surface area contributed by atoms with Crippen molar-refractivity contribution < 1.29 is 19.1 Å². The van der Waals surface area contributed by atoms with Crippen LogP contribution in [0.5, 0.6) is 5.75 Å². The molecular weight excluding hydrogens is 496 g/mol. The van der Waals surface area contributed by atoms with Gasteiger partial charge in [0.05, 0.1) is 0 Å². The third-order valence-corrected chi connectivity index (χ3v) is 5.51. The van der Waals surface area contributed by atoms with Gasteiger partial charge in [0.2, 0.25) is 11.7 Å². The fourth-order valence-corrected chi connectivity index (χ4v) is 3.87. The Kier molecular flexibility index (Phi) is 7.30. The Morgan fingerprint density at radius 2 is 1.86 bits per heavy atom. The third-order valence-electron chi connectivity index (χ3n) is 5.26. The van der Waals surface area contributed by atoms with Gasteiger partial charge in [0.1, 0.15) is 24.1 Å². The standard InChI is InChI=1S/C26H27ClN6O4/c1-16-8-13-21(37-16)24-29-31-32(30-24)15-22(35)33(19-6-5-7-20(34)14-19)23(25(36)28-26(2,3)4)17-9-11-18(27)12-10-17/h5-14,23,34H,15H2,1-4H3,(H,28,36)/t23-/m0/s1. The van der Waals surface area contributed by atoms with Gasteiger partial charge in [-0.1, -0.05) is 29.8 Å². The molecule has 1 atom stereocenters. The Labute approximate surface area is 218 Å². The molecule has 0 saturated carbocycles. The number of aromatic hydroxyl groups is 1. The number of hydrogen-bond acceptors (Lipinski definition) is 7. The summed E-state index contributed by atoms with van der Waals surface area (Å²) in [6.45, 7) is 7.02. The molecule has 0 spiro atoms. The van der Waals surface area contributed by atoms with E-state index in [0.29, 0.717) is 27.8 Å². The molecule has 0 aliphatic carbocycles. The van der Waals surface area contributed by atoms with Crippen molar-refractivity contribution in [2.24, 2.45) is 0 Å². The first-order valence-corrected chi connectivity index (χ1v) is 11.9. The van der Waals surface area contributed by atoms with Gasteiger partial charge in [-0.2, -0.15) is 4.80 Å². The zero-order valence-electron chi connectivity index (χ0n) is 20.8. The Hall–Kier alpha value is -4.18. The lowest BCUT2D eigenvalue weighted by Gasteiger charge is -2.33. The SMILES string of the molecule is Cc1ccc(-c2nnn(CC(=O)N(c3cccc(O)c3)[C@H](C(=O)NC(C)(C)C)c3ccc(Cl)cc3)n2)o1. The van der Waals surface area contributed by atoms with E-state index in [1.807, 2.05) is 20.8 Å². The molecule has 0 radical (unpaired) electrons. The van der Waals surface area contributed by atoms with Crippen molar-refractivity contribution in [3.05, 3.63) is 77.0 Å². The average Bonchev–Trinajstić information content (AvgIpc) is 3.45. The van der Waals surface area contributed by atoms with E-state index in [-0.39, 0.29) is 18.1 Å². The highest BCUT2D eigenvalue weighted by Crippen LogP contribution is 2.31. The number of carbonyl (C=O) groups excluding carboxylic acids is 2. The van der Waals surface area contributed by atoms with E-state index in [0.717, 1.165) is 4.80 Å². The fraction of sp³-hybridized carbons (Fsp3) is 0.269. The number of amides is 2. The predicted octanol–water partition coefficient (Wildman–Crippen LogP) is 4.29. The lowest BCUT2D eigenvalue weighted by molar-refractivity contribution is -0.128. The topological polar surface area (TPSA) is 126 Å². The summed E-state index contributed by atoms with van der Waals surface area (Å²) < 4.78 is 5.54. The summed E-state index contributed by atoms with van der Waals surface area (Å²) in [5.41, 5.74) is 0.274. The van der Waals surface area contributed by atoms with Gasteiger partial charge < -0.3 is 14.8 Å². The molecule has 4 aromatic rings. The number of aromatic nitrogens is 4. The first-order valence-electron chi connectivity index (χ1n) is 11.5. The van der Waals surface area contributed by atoms with Gasteiger partial charge in [-0.3, -0.25) is 14.5 Å². The molecule has 37 heavy (non-hydrogen) atoms. The Morgan fingerprint density at radius 1 is 1.14 bits per heavy atom. The normalized spacial score (nSPS) is 12.2. The zero-order valence-corrected chi connectivity index (χ0v) is 21.6. The van der Waals surface area contributed by atoms with Gasteiger partial charge in [0.15, 0.2) is 5.76 Å². The number of anilines is 1. The van der Waals surface area contributed by atoms with E-state index in [2.05, 4.69) is 20.7 Å². The fourth-order valence-electron chi connectivity index (χ4n) is 3.74. The maximum atomic E-state index is 13.8. The van der Waals surface area contributed by atoms with E-state index >= 15 is 0 Å². The number of phenolic OH excluding ortho intramolecular Hbond substituents is 1. The van der Waals surface area contributed by atoms with Gasteiger partial charge in [-0.15, -0.1) is 10.2 Å². The molecule has 2 amide bonds. The van der Waals surface area contributed by atoms with E-state index < -0.39 is 23.4 Å². The van der Waals surface area contributed by atoms with E-state index in [9.17, 15) is 14.7 Å². The quantitative estimate of drug-likeness (QED) is 0.370. The first-order chi connectivity index (χ1) is 17.5. The first kappa shape index (κ1) is 25.9. The lowest BCUT2D eigenvalue weighted by atomic mass is 10.0. The third kappa shape index (κ3) is 6.34. The van der Waals surface area contributed by atoms with Crippen molar-refractivity contribution >= 4 is 29.1 Å². The smallest absolute Gasteiger partial charge is 0.251 e. The van der Waals surface area contributed by atoms with E-state index in [1.54, 1.807) is 55.5 Å². The summed E-state index contributed by atoms with van der Waals surface area (Å²) >= 11 is 6.10. The number of nitrogens with one attached hydrogen (secondary N) is 1. The second-order valence-electron chi connectivity index (χ2n) is 9.53. The monoisotopic (exact) mass is 522 g/mol. The maximum Gasteiger partial charge on any atom is 0.251 e. The van der Waals surface area contributed by atoms with Gasteiger partial charge in [0.25, 0.3) is 5.91 Å². The van der Waals surface area contributed by atoms with Crippen LogP contribution in [0.3, 0.4) is 0 Å². The van der Waals surface area contributed by atoms with E-state index in [4.69, 9.17) is 16.0 Å². The van der Waals surface area contributed by atoms with Crippen molar-refractivity contribution in [2.45, 2.75) is 45.8 Å². The number of carbonyl (C=O) groups is 2. The molecule has 4 rings (SSSR count). The minimum atomic E-state index is -1.08. The van der Waals surface area contributed by atoms with Gasteiger partial charge in [-0.25, -0.2) is 0 Å². The highest BCUT2D eigenvalue weighted by molar-refractivity contribution is 6.30. The van der Waals surface area contributed by atoms with Crippen LogP contribution < -0.4 is 10.2 Å². The van der Waals surface area contributed by atoms with Crippen LogP contribution in [0.25, 0.3) is 11.6 Å². The summed E-state index contributed by atoms with van der Waals surface area (Å²) in [5.74, 6) is 0.358. The predicted molar refractivity (Wildman–Crippen MR) is 138 cm³/mol. The number of nitrogens with zero attached hydrogens (tertiary/aromatic N) is 5. The Balaban J connectivity index is 1.75. The van der Waals surface area contributed by atoms with Crippen LogP contribution in [0.4, 0.5) is 5.69 Å². The summed E-state index contributed by atoms with van der Waals surface area (Å²) in [7, 11) is 0. The zero-order chi connectivity index (χ0) is 26.7. The van der Waals surface area contributed by atoms with Crippen LogP contribution in [0, 0.1) is 6.92 Å². The maximum absolute atomic E-state index is 13.8. The van der Waals surface area contributed by atoms with Crippen molar-refractivity contribution in [1.82, 2.24) is 25.5 Å². The molecule has 2 aromatic heterocycles. The summed E-state index contributed by atoms with van der Waals surface area (Å²) in [6.07, 6.45) is 0. The molecule has 2 heterocycles. The molecule has 2 N–H and O–H groups in total. The van der Waals surface area contributed by atoms with Crippen molar-refractivity contribution in [3.8, 4) is 17.3 Å². The molecule has 10 nitrogen and oxygen atoms in total. The summed E-state index contributed by atoms with van der Waals surface area (Å²) in [6, 6.07) is 15.2. The van der Waals surface area contributed by atoms with E-state index in [1.165, 1.54) is 17.0 Å². The number of benzene rings is 2. The number of halogens is 1. The largest absolute Gasteiger partial charge is 0.508 e. The van der Waals surface area contributed by atoms with Crippen molar-refractivity contribution in [3.63, 3.8) is 0 Å². The average molecular weight is 523 g/mol. The number of furan rings is 1.